The van der Waals surface area contributed by atoms with Crippen LogP contribution in [-0.2, 0) is 13.1 Å². The number of aromatic nitrogens is 2. The number of hydrogen-bond acceptors (Lipinski definition) is 4. The third-order valence-corrected chi connectivity index (χ3v) is 5.55. The summed E-state index contributed by atoms with van der Waals surface area (Å²) in [5.41, 5.74) is 9.06. The molecule has 6 heteroatoms. The van der Waals surface area contributed by atoms with Crippen LogP contribution in [-0.4, -0.2) is 27.0 Å². The Labute approximate surface area is 146 Å². The minimum absolute atomic E-state index is 0.126. The molecule has 1 aliphatic carbocycles. The van der Waals surface area contributed by atoms with Gasteiger partial charge in [-0.05, 0) is 49.9 Å². The molecule has 2 aromatic rings. The third-order valence-electron chi connectivity index (χ3n) is 5.55. The summed E-state index contributed by atoms with van der Waals surface area (Å²) in [6.07, 6.45) is 4.38. The molecule has 1 aliphatic heterocycles. The highest BCUT2D eigenvalue weighted by Crippen LogP contribution is 2.37. The lowest BCUT2D eigenvalue weighted by molar-refractivity contribution is 0.137. The van der Waals surface area contributed by atoms with Crippen LogP contribution in [0.2, 0.25) is 0 Å². The Hall–Kier alpha value is -1.92. The van der Waals surface area contributed by atoms with Crippen LogP contribution >= 0.6 is 0 Å². The van der Waals surface area contributed by atoms with Gasteiger partial charge in [0.05, 0.1) is 5.69 Å². The predicted octanol–water partition coefficient (Wildman–Crippen LogP) is 3.04. The molecule has 4 rings (SSSR count). The molecule has 0 saturated heterocycles. The van der Waals surface area contributed by atoms with Crippen molar-refractivity contribution in [1.29, 1.82) is 0 Å². The molecule has 1 aromatic carbocycles. The van der Waals surface area contributed by atoms with Gasteiger partial charge in [0.15, 0.2) is 0 Å². The summed E-state index contributed by atoms with van der Waals surface area (Å²) in [5.74, 6) is -0.101. The van der Waals surface area contributed by atoms with Crippen molar-refractivity contribution in [2.45, 2.75) is 57.3 Å². The Balaban J connectivity index is 1.46. The summed E-state index contributed by atoms with van der Waals surface area (Å²) < 4.78 is 27.6. The summed E-state index contributed by atoms with van der Waals surface area (Å²) in [7, 11) is 0. The van der Waals surface area contributed by atoms with Gasteiger partial charge in [0.2, 0.25) is 0 Å². The molecule has 2 heterocycles. The molecule has 132 valence electrons. The third kappa shape index (κ3) is 3.16. The number of halogens is 2. The second kappa shape index (κ2) is 6.42. The van der Waals surface area contributed by atoms with Crippen molar-refractivity contribution in [3.05, 3.63) is 58.7 Å². The second-order valence-electron chi connectivity index (χ2n) is 7.20. The standard InChI is InChI=1S/C19H22F2N4/c1-11-23-8-12-9-25(10-19(12)24-11)14-3-4-15(18(22)7-14)16-6-13(20)2-5-17(16)21/h2,5-6,8,14-15,18H,3-4,7,9-10,22H2,1H3/t14-,15?,18?/m0/s1. The van der Waals surface area contributed by atoms with E-state index < -0.39 is 5.82 Å². The van der Waals surface area contributed by atoms with E-state index in [1.165, 1.54) is 17.7 Å². The van der Waals surface area contributed by atoms with Crippen LogP contribution < -0.4 is 5.73 Å². The number of aryl methyl sites for hydroxylation is 1. The highest BCUT2D eigenvalue weighted by molar-refractivity contribution is 5.26. The maximum Gasteiger partial charge on any atom is 0.126 e. The first-order valence-corrected chi connectivity index (χ1v) is 8.77. The quantitative estimate of drug-likeness (QED) is 0.910. The molecule has 25 heavy (non-hydrogen) atoms. The lowest BCUT2D eigenvalue weighted by Gasteiger charge is -2.38. The fraction of sp³-hybridized carbons (Fsp3) is 0.474. The first-order chi connectivity index (χ1) is 12.0. The molecule has 2 aliphatic rings. The van der Waals surface area contributed by atoms with E-state index in [-0.39, 0.29) is 17.8 Å². The minimum atomic E-state index is -0.408. The van der Waals surface area contributed by atoms with E-state index in [9.17, 15) is 8.78 Å². The lowest BCUT2D eigenvalue weighted by atomic mass is 9.77. The molecular formula is C19H22F2N4. The van der Waals surface area contributed by atoms with Crippen molar-refractivity contribution in [2.75, 3.05) is 0 Å². The first-order valence-electron chi connectivity index (χ1n) is 8.77. The minimum Gasteiger partial charge on any atom is -0.327 e. The molecule has 0 bridgehead atoms. The maximum absolute atomic E-state index is 14.1. The van der Waals surface area contributed by atoms with Gasteiger partial charge in [-0.25, -0.2) is 18.7 Å². The summed E-state index contributed by atoms with van der Waals surface area (Å²) in [6.45, 7) is 3.55. The van der Waals surface area contributed by atoms with Crippen molar-refractivity contribution in [3.63, 3.8) is 0 Å². The number of benzene rings is 1. The van der Waals surface area contributed by atoms with Crippen LogP contribution in [0.15, 0.2) is 24.4 Å². The summed E-state index contributed by atoms with van der Waals surface area (Å²) in [4.78, 5) is 11.2. The van der Waals surface area contributed by atoms with Crippen LogP contribution in [0.1, 0.15) is 47.8 Å². The number of hydrogen-bond donors (Lipinski definition) is 1. The van der Waals surface area contributed by atoms with E-state index in [1.807, 2.05) is 13.1 Å². The first kappa shape index (κ1) is 16.5. The molecule has 2 unspecified atom stereocenters. The van der Waals surface area contributed by atoms with E-state index in [2.05, 4.69) is 14.9 Å². The smallest absolute Gasteiger partial charge is 0.126 e. The SMILES string of the molecule is Cc1ncc2c(n1)CN([C@H]1CCC(c3cc(F)ccc3F)C(N)C1)C2. The lowest BCUT2D eigenvalue weighted by Crippen LogP contribution is -2.44. The normalized spacial score (nSPS) is 26.6. The highest BCUT2D eigenvalue weighted by atomic mass is 19.1. The summed E-state index contributed by atoms with van der Waals surface area (Å²) >= 11 is 0. The fourth-order valence-corrected chi connectivity index (χ4v) is 4.23. The Morgan fingerprint density at radius 1 is 1.20 bits per heavy atom. The van der Waals surface area contributed by atoms with Gasteiger partial charge in [-0.2, -0.15) is 0 Å². The van der Waals surface area contributed by atoms with Crippen molar-refractivity contribution < 1.29 is 8.78 Å². The maximum atomic E-state index is 14.1. The molecule has 1 saturated carbocycles. The summed E-state index contributed by atoms with van der Waals surface area (Å²) in [5, 5.41) is 0. The Morgan fingerprint density at radius 3 is 2.84 bits per heavy atom. The van der Waals surface area contributed by atoms with Crippen molar-refractivity contribution in [2.24, 2.45) is 5.73 Å². The molecule has 4 nitrogen and oxygen atoms in total. The highest BCUT2D eigenvalue weighted by Gasteiger charge is 2.35. The van der Waals surface area contributed by atoms with E-state index in [0.29, 0.717) is 11.6 Å². The van der Waals surface area contributed by atoms with Crippen molar-refractivity contribution in [3.8, 4) is 0 Å². The van der Waals surface area contributed by atoms with Crippen molar-refractivity contribution >= 4 is 0 Å². The van der Waals surface area contributed by atoms with Gasteiger partial charge in [-0.15, -0.1) is 0 Å². The van der Waals surface area contributed by atoms with Gasteiger partial charge in [-0.1, -0.05) is 0 Å². The Bertz CT molecular complexity index is 795. The van der Waals surface area contributed by atoms with Gasteiger partial charge < -0.3 is 5.73 Å². The largest absolute Gasteiger partial charge is 0.327 e. The molecule has 2 N–H and O–H groups in total. The summed E-state index contributed by atoms with van der Waals surface area (Å²) in [6, 6.07) is 3.82. The van der Waals surface area contributed by atoms with Crippen LogP contribution in [0.5, 0.6) is 0 Å². The van der Waals surface area contributed by atoms with Gasteiger partial charge >= 0.3 is 0 Å². The monoisotopic (exact) mass is 344 g/mol. The molecule has 3 atom stereocenters. The molecule has 0 amide bonds. The van der Waals surface area contributed by atoms with Crippen molar-refractivity contribution in [1.82, 2.24) is 14.9 Å². The van der Waals surface area contributed by atoms with Crippen LogP contribution in [0.25, 0.3) is 0 Å². The number of fused-ring (bicyclic) bond motifs is 1. The molecular weight excluding hydrogens is 322 g/mol. The van der Waals surface area contributed by atoms with Gasteiger partial charge in [-0.3, -0.25) is 4.90 Å². The Morgan fingerprint density at radius 2 is 2.04 bits per heavy atom. The molecule has 1 fully saturated rings. The average Bonchev–Trinajstić information content (AvgIpc) is 3.00. The van der Waals surface area contributed by atoms with Gasteiger partial charge in [0, 0.05) is 42.9 Å². The second-order valence-corrected chi connectivity index (χ2v) is 7.20. The zero-order valence-corrected chi connectivity index (χ0v) is 14.3. The fourth-order valence-electron chi connectivity index (χ4n) is 4.23. The molecule has 0 spiro atoms. The van der Waals surface area contributed by atoms with E-state index in [1.54, 1.807) is 0 Å². The zero-order valence-electron chi connectivity index (χ0n) is 14.3. The van der Waals surface area contributed by atoms with E-state index in [0.717, 1.165) is 49.9 Å². The van der Waals surface area contributed by atoms with Gasteiger partial charge in [0.25, 0.3) is 0 Å². The Kier molecular flexibility index (Phi) is 4.25. The zero-order chi connectivity index (χ0) is 17.6. The average molecular weight is 344 g/mol. The van der Waals surface area contributed by atoms with Crippen LogP contribution in [0.4, 0.5) is 8.78 Å². The van der Waals surface area contributed by atoms with Crippen LogP contribution in [0, 0.1) is 18.6 Å². The molecule has 1 aromatic heterocycles. The van der Waals surface area contributed by atoms with Crippen LogP contribution in [0.3, 0.4) is 0 Å². The number of nitrogens with zero attached hydrogens (tertiary/aromatic N) is 3. The predicted molar refractivity (Wildman–Crippen MR) is 90.7 cm³/mol. The number of rotatable bonds is 2. The van der Waals surface area contributed by atoms with Gasteiger partial charge in [0.1, 0.15) is 17.5 Å². The number of nitrogens with two attached hydrogens (primary N) is 1. The van der Waals surface area contributed by atoms with E-state index >= 15 is 0 Å². The molecule has 0 radical (unpaired) electrons. The van der Waals surface area contributed by atoms with E-state index in [4.69, 9.17) is 5.73 Å². The topological polar surface area (TPSA) is 55.0 Å².